The number of hydrogen-bond acceptors (Lipinski definition) is 9. The minimum Gasteiger partial charge on any atom is -0.315 e. The van der Waals surface area contributed by atoms with E-state index in [4.69, 9.17) is 0 Å². The molecule has 9 heteroatoms. The van der Waals surface area contributed by atoms with E-state index in [1.54, 1.807) is 0 Å². The molecule has 101 heavy (non-hydrogen) atoms. The Labute approximate surface area is 641 Å². The average Bonchev–Trinajstić information content (AvgIpc) is 1.90. The van der Waals surface area contributed by atoms with Crippen LogP contribution >= 0.6 is 0 Å². The van der Waals surface area contributed by atoms with Crippen LogP contribution in [0.5, 0.6) is 0 Å². The molecule has 0 aromatic heterocycles. The van der Waals surface area contributed by atoms with Crippen LogP contribution in [0.25, 0.3) is 0 Å². The lowest BCUT2D eigenvalue weighted by molar-refractivity contribution is 0.117. The van der Waals surface area contributed by atoms with Crippen molar-refractivity contribution in [3.8, 4) is 0 Å². The fraction of sp³-hybridized carbons (Fsp3) is 1.00. The maximum Gasteiger partial charge on any atom is 0.00722 e. The Morgan fingerprint density at radius 3 is 0.871 bits per heavy atom. The van der Waals surface area contributed by atoms with Crippen LogP contribution < -0.4 is 26.6 Å². The van der Waals surface area contributed by atoms with Gasteiger partial charge in [-0.25, -0.2) is 0 Å². The number of nitrogens with one attached hydrogen (secondary N) is 5. The zero-order valence-corrected chi connectivity index (χ0v) is 76.5. The molecule has 6 aliphatic rings. The maximum atomic E-state index is 3.67. The highest BCUT2D eigenvalue weighted by Crippen LogP contribution is 2.33. The summed E-state index contributed by atoms with van der Waals surface area (Å²) in [7, 11) is 0. The van der Waals surface area contributed by atoms with E-state index in [2.05, 4.69) is 295 Å². The first kappa shape index (κ1) is 105. The predicted molar refractivity (Wildman–Crippen MR) is 463 cm³/mol. The molecule has 4 aliphatic heterocycles. The van der Waals surface area contributed by atoms with Crippen molar-refractivity contribution in [3.05, 3.63) is 0 Å². The van der Waals surface area contributed by atoms with Crippen LogP contribution in [0.1, 0.15) is 371 Å². The van der Waals surface area contributed by atoms with Crippen molar-refractivity contribution >= 4 is 0 Å². The third-order valence-electron chi connectivity index (χ3n) is 22.8. The van der Waals surface area contributed by atoms with Gasteiger partial charge in [-0.3, -0.25) is 0 Å². The van der Waals surface area contributed by atoms with E-state index in [1.807, 2.05) is 0 Å². The fourth-order valence-electron chi connectivity index (χ4n) is 15.1. The van der Waals surface area contributed by atoms with Gasteiger partial charge in [-0.2, -0.15) is 0 Å². The Morgan fingerprint density at radius 1 is 0.257 bits per heavy atom. The largest absolute Gasteiger partial charge is 0.315 e. The summed E-state index contributed by atoms with van der Waals surface area (Å²) in [5, 5.41) is 17.4. The second kappa shape index (κ2) is 62.4. The van der Waals surface area contributed by atoms with Crippen LogP contribution in [0.2, 0.25) is 0 Å². The van der Waals surface area contributed by atoms with Crippen LogP contribution in [-0.2, 0) is 0 Å². The van der Waals surface area contributed by atoms with Gasteiger partial charge in [-0.15, -0.1) is 0 Å². The lowest BCUT2D eigenvalue weighted by Crippen LogP contribution is -2.41. The van der Waals surface area contributed by atoms with E-state index in [-0.39, 0.29) is 0 Å². The number of likely N-dealkylation sites (tertiary alicyclic amines) is 4. The molecular formula is C92H199N9. The monoisotopic (exact) mass is 1430 g/mol. The summed E-state index contributed by atoms with van der Waals surface area (Å²) in [6, 6.07) is 7.78. The lowest BCUT2D eigenvalue weighted by atomic mass is 9.79. The molecule has 0 bridgehead atoms. The minimum absolute atomic E-state index is 0.636. The molecule has 6 fully saturated rings. The van der Waals surface area contributed by atoms with Crippen LogP contribution in [-0.4, -0.2) is 158 Å². The summed E-state index contributed by atoms with van der Waals surface area (Å²) in [6.07, 6.45) is 26.7. The zero-order chi connectivity index (χ0) is 78.1. The summed E-state index contributed by atoms with van der Waals surface area (Å²) in [5.74, 6) is 13.4. The van der Waals surface area contributed by atoms with Crippen LogP contribution in [0.3, 0.4) is 0 Å². The average molecular weight is 1430 g/mol. The number of hydrogen-bond donors (Lipinski definition) is 5. The van der Waals surface area contributed by atoms with Crippen molar-refractivity contribution < 1.29 is 0 Å². The van der Waals surface area contributed by atoms with E-state index in [1.165, 1.54) is 181 Å². The van der Waals surface area contributed by atoms with Crippen LogP contribution in [0, 0.1) is 88.8 Å². The molecule has 612 valence electrons. The molecule has 5 N–H and O–H groups in total. The first-order chi connectivity index (χ1) is 47.0. The smallest absolute Gasteiger partial charge is 0.00722 e. The molecule has 0 amide bonds. The zero-order valence-electron chi connectivity index (χ0n) is 76.5. The number of rotatable bonds is 26. The molecule has 4 saturated heterocycles. The Bertz CT molecular complexity index is 1630. The van der Waals surface area contributed by atoms with Crippen LogP contribution in [0.4, 0.5) is 0 Å². The molecule has 8 atom stereocenters. The summed E-state index contributed by atoms with van der Waals surface area (Å²) in [6.45, 7) is 96.4. The Morgan fingerprint density at radius 2 is 0.574 bits per heavy atom. The van der Waals surface area contributed by atoms with Gasteiger partial charge in [0.15, 0.2) is 0 Å². The third kappa shape index (κ3) is 60.2. The summed E-state index contributed by atoms with van der Waals surface area (Å²) < 4.78 is 0. The highest BCUT2D eigenvalue weighted by Gasteiger charge is 2.29. The standard InChI is InChI=1S/3C12H25N.2C11H23N.C10H21N.C9H21N.C8H19N.C7H17N/c1-9(2)11-6-5-7-12(8-11)13-10(3)4;2*1-10(2)12-7-5-6-8-13(9-12)11(3)4;1-8(2)10-5-6-11(7-10)12-9(3)4;1-9(2)11-6-5-7-12(8-11)10(3)4;1-8(2)10-5-6-11(7-10)9(3)4;1-8(2)6-5-7-10-9(3)4;1-7(2)5-6-9-8(3)4;1-6(2)5-8-7(3)4/h9-13H,5-8H2,1-4H3;2*10-12H,5-9H2,1-4H3;8-12H,5-7H2,1-4H3;9-11H,5-8H2,1-4H3;8-10H,5-7H2,1-4H3;8-10H,5-7H2,1-4H3;7-9H,5-6H2,1-4H3;6-8H,5H2,1-4H3. The van der Waals surface area contributed by atoms with Gasteiger partial charge in [-0.1, -0.05) is 220 Å². The second-order valence-corrected chi connectivity index (χ2v) is 39.2. The van der Waals surface area contributed by atoms with E-state index < -0.39 is 0 Å². The molecule has 0 radical (unpaired) electrons. The van der Waals surface area contributed by atoms with Crippen molar-refractivity contribution in [3.63, 3.8) is 0 Å². The van der Waals surface area contributed by atoms with Crippen molar-refractivity contribution in [2.75, 3.05) is 72.0 Å². The van der Waals surface area contributed by atoms with E-state index in [0.29, 0.717) is 30.2 Å². The SMILES string of the molecule is CC(C)C1CCCCN(C(C)C)C1.CC(C)C1CCCCN(C(C)C)C1.CC(C)C1CCCN(C(C)C)C1.CC(C)C1CCN(C(C)C)C1.CC(C)CCCNC(C)C.CC(C)CCNC(C)C.CC(C)CNC(C)C.CC(C)NC1CCC(C(C)C)C1.CC(C)NC1CCCC(C(C)C)C1. The number of piperidine rings is 1. The first-order valence-corrected chi connectivity index (χ1v) is 44.7. The molecule has 4 heterocycles. The summed E-state index contributed by atoms with van der Waals surface area (Å²) in [4.78, 5) is 10.5. The van der Waals surface area contributed by atoms with Gasteiger partial charge in [-0.05, 0) is 286 Å². The van der Waals surface area contributed by atoms with E-state index >= 15 is 0 Å². The molecule has 0 aromatic carbocycles. The lowest BCUT2D eigenvalue weighted by Gasteiger charge is -2.37. The molecule has 0 aromatic rings. The maximum absolute atomic E-state index is 3.67. The molecule has 9 nitrogen and oxygen atoms in total. The quantitative estimate of drug-likeness (QED) is 0.0545. The van der Waals surface area contributed by atoms with Crippen LogP contribution in [0.15, 0.2) is 0 Å². The van der Waals surface area contributed by atoms with Gasteiger partial charge in [0.1, 0.15) is 0 Å². The topological polar surface area (TPSA) is 73.1 Å². The highest BCUT2D eigenvalue weighted by molar-refractivity contribution is 4.85. The van der Waals surface area contributed by atoms with Gasteiger partial charge in [0.2, 0.25) is 0 Å². The Kier molecular flexibility index (Phi) is 64.8. The molecule has 2 saturated carbocycles. The highest BCUT2D eigenvalue weighted by atomic mass is 15.2. The van der Waals surface area contributed by atoms with Gasteiger partial charge in [0.25, 0.3) is 0 Å². The number of nitrogens with zero attached hydrogens (tertiary/aromatic N) is 4. The molecule has 6 rings (SSSR count). The van der Waals surface area contributed by atoms with Gasteiger partial charge in [0, 0.05) is 92.6 Å². The molecule has 2 aliphatic carbocycles. The Hall–Kier alpha value is -0.360. The minimum atomic E-state index is 0.636. The fourth-order valence-corrected chi connectivity index (χ4v) is 15.1. The molecular weight excluding hydrogens is 1230 g/mol. The predicted octanol–water partition coefficient (Wildman–Crippen LogP) is 23.5. The van der Waals surface area contributed by atoms with E-state index in [0.717, 1.165) is 138 Å². The van der Waals surface area contributed by atoms with Crippen molar-refractivity contribution in [2.24, 2.45) is 88.8 Å². The van der Waals surface area contributed by atoms with Gasteiger partial charge < -0.3 is 46.2 Å². The first-order valence-electron chi connectivity index (χ1n) is 44.7. The van der Waals surface area contributed by atoms with Crippen molar-refractivity contribution in [1.29, 1.82) is 0 Å². The van der Waals surface area contributed by atoms with Crippen molar-refractivity contribution in [2.45, 2.75) is 438 Å². The third-order valence-corrected chi connectivity index (χ3v) is 22.8. The molecule has 8 unspecified atom stereocenters. The molecule has 0 spiro atoms. The van der Waals surface area contributed by atoms with Crippen molar-refractivity contribution in [1.82, 2.24) is 46.2 Å². The normalized spacial score (nSPS) is 23.6. The summed E-state index contributed by atoms with van der Waals surface area (Å²) >= 11 is 0. The second-order valence-electron chi connectivity index (χ2n) is 39.2. The Balaban J connectivity index is -0.00000107. The van der Waals surface area contributed by atoms with Gasteiger partial charge >= 0.3 is 0 Å². The van der Waals surface area contributed by atoms with E-state index in [9.17, 15) is 0 Å². The van der Waals surface area contributed by atoms with Gasteiger partial charge in [0.05, 0.1) is 0 Å². The summed E-state index contributed by atoms with van der Waals surface area (Å²) in [5.41, 5.74) is 0.